The molecule has 0 saturated carbocycles. The van der Waals surface area contributed by atoms with Crippen LogP contribution in [0.15, 0.2) is 12.5 Å². The third kappa shape index (κ3) is 2.85. The van der Waals surface area contributed by atoms with E-state index in [-0.39, 0.29) is 32.7 Å². The topological polar surface area (TPSA) is 25.8 Å². The molecule has 0 aliphatic heterocycles. The Balaban J connectivity index is 0.000000810. The van der Waals surface area contributed by atoms with E-state index in [0.717, 1.165) is 5.56 Å². The molecule has 0 saturated heterocycles. The molecular formula is C7H9N2Y-. The van der Waals surface area contributed by atoms with Gasteiger partial charge in [-0.1, -0.05) is 26.2 Å². The maximum Gasteiger partial charge on any atom is 0 e. The molecule has 0 aromatic carbocycles. The van der Waals surface area contributed by atoms with Gasteiger partial charge in [0.1, 0.15) is 0 Å². The van der Waals surface area contributed by atoms with Gasteiger partial charge in [0, 0.05) is 32.7 Å². The van der Waals surface area contributed by atoms with Crippen molar-refractivity contribution in [2.24, 2.45) is 0 Å². The Bertz CT molecular complexity index is 174. The van der Waals surface area contributed by atoms with Gasteiger partial charge in [-0.25, -0.2) is 0 Å². The van der Waals surface area contributed by atoms with Crippen molar-refractivity contribution in [3.63, 3.8) is 0 Å². The molecule has 1 rings (SSSR count). The van der Waals surface area contributed by atoms with Crippen LogP contribution in [0.25, 0.3) is 0 Å². The molecule has 0 spiro atoms. The number of nitrogens with zero attached hydrogens (tertiary/aromatic N) is 2. The van der Waals surface area contributed by atoms with Gasteiger partial charge >= 0.3 is 0 Å². The van der Waals surface area contributed by atoms with Crippen molar-refractivity contribution >= 4 is 0 Å². The van der Waals surface area contributed by atoms with Crippen LogP contribution < -0.4 is 0 Å². The number of aromatic nitrogens is 2. The zero-order valence-electron chi connectivity index (χ0n) is 6.20. The predicted octanol–water partition coefficient (Wildman–Crippen LogP) is 1.40. The van der Waals surface area contributed by atoms with E-state index >= 15 is 0 Å². The Kier molecular flexibility index (Phi) is 5.01. The summed E-state index contributed by atoms with van der Waals surface area (Å²) in [6, 6.07) is 0. The molecule has 2 nitrogen and oxygen atoms in total. The minimum atomic E-state index is 0. The summed E-state index contributed by atoms with van der Waals surface area (Å²) in [7, 11) is 0. The van der Waals surface area contributed by atoms with Crippen molar-refractivity contribution in [2.75, 3.05) is 0 Å². The first kappa shape index (κ1) is 10.2. The molecule has 0 unspecified atom stereocenters. The van der Waals surface area contributed by atoms with E-state index in [0.29, 0.717) is 5.92 Å². The monoisotopic (exact) mass is 210 g/mol. The second kappa shape index (κ2) is 4.92. The van der Waals surface area contributed by atoms with E-state index in [9.17, 15) is 0 Å². The van der Waals surface area contributed by atoms with Gasteiger partial charge in [-0.2, -0.15) is 0 Å². The fraction of sp³-hybridized carbons (Fsp3) is 0.429. The number of hydrogen-bond acceptors (Lipinski definition) is 2. The molecule has 1 heterocycles. The summed E-state index contributed by atoms with van der Waals surface area (Å²) in [6.07, 6.45) is 6.14. The smallest absolute Gasteiger partial charge is 0 e. The van der Waals surface area contributed by atoms with E-state index in [4.69, 9.17) is 0 Å². The van der Waals surface area contributed by atoms with Gasteiger partial charge in [0.05, 0.1) is 0 Å². The van der Waals surface area contributed by atoms with Crippen LogP contribution in [-0.2, 0) is 32.7 Å². The van der Waals surface area contributed by atoms with Gasteiger partial charge in [0.15, 0.2) is 0 Å². The van der Waals surface area contributed by atoms with Gasteiger partial charge in [0.25, 0.3) is 0 Å². The molecule has 1 radical (unpaired) electrons. The molecular weight excluding hydrogens is 201 g/mol. The quantitative estimate of drug-likeness (QED) is 0.654. The Morgan fingerprint density at radius 3 is 2.50 bits per heavy atom. The normalized spacial score (nSPS) is 9.10. The molecule has 0 amide bonds. The van der Waals surface area contributed by atoms with Gasteiger partial charge in [-0.15, -0.1) is 5.56 Å². The summed E-state index contributed by atoms with van der Waals surface area (Å²) in [5, 5.41) is 0. The van der Waals surface area contributed by atoms with E-state index in [1.54, 1.807) is 6.20 Å². The van der Waals surface area contributed by atoms with Crippen molar-refractivity contribution in [3.05, 3.63) is 24.3 Å². The minimum Gasteiger partial charge on any atom is -0.376 e. The van der Waals surface area contributed by atoms with Crippen LogP contribution in [-0.4, -0.2) is 9.97 Å². The van der Waals surface area contributed by atoms with Crippen LogP contribution in [0.3, 0.4) is 0 Å². The average Bonchev–Trinajstić information content (AvgIpc) is 1.90. The first-order valence-corrected chi connectivity index (χ1v) is 2.98. The maximum absolute atomic E-state index is 3.86. The Morgan fingerprint density at radius 1 is 1.50 bits per heavy atom. The fourth-order valence-electron chi connectivity index (χ4n) is 0.557. The number of rotatable bonds is 1. The maximum atomic E-state index is 3.86. The van der Waals surface area contributed by atoms with E-state index < -0.39 is 0 Å². The molecule has 0 bridgehead atoms. The summed E-state index contributed by atoms with van der Waals surface area (Å²) >= 11 is 0. The van der Waals surface area contributed by atoms with Crippen LogP contribution in [0.1, 0.15) is 25.3 Å². The van der Waals surface area contributed by atoms with Crippen LogP contribution in [0, 0.1) is 6.20 Å². The summed E-state index contributed by atoms with van der Waals surface area (Å²) in [4.78, 5) is 7.63. The molecule has 10 heavy (non-hydrogen) atoms. The fourth-order valence-corrected chi connectivity index (χ4v) is 0.557. The summed E-state index contributed by atoms with van der Waals surface area (Å²) in [5.74, 6) is 0.478. The predicted molar refractivity (Wildman–Crippen MR) is 35.0 cm³/mol. The molecule has 0 atom stereocenters. The Morgan fingerprint density at radius 2 is 2.20 bits per heavy atom. The van der Waals surface area contributed by atoms with Crippen molar-refractivity contribution < 1.29 is 32.7 Å². The van der Waals surface area contributed by atoms with Gasteiger partial charge in [0.2, 0.25) is 0 Å². The first-order chi connectivity index (χ1) is 4.30. The zero-order valence-corrected chi connectivity index (χ0v) is 9.04. The largest absolute Gasteiger partial charge is 0.376 e. The molecule has 0 aliphatic carbocycles. The average molecular weight is 210 g/mol. The van der Waals surface area contributed by atoms with E-state index in [1.165, 1.54) is 6.33 Å². The van der Waals surface area contributed by atoms with E-state index in [2.05, 4.69) is 30.0 Å². The van der Waals surface area contributed by atoms with Crippen LogP contribution in [0.4, 0.5) is 0 Å². The third-order valence-corrected chi connectivity index (χ3v) is 1.15. The second-order valence-electron chi connectivity index (χ2n) is 2.24. The van der Waals surface area contributed by atoms with Crippen LogP contribution in [0.2, 0.25) is 0 Å². The second-order valence-corrected chi connectivity index (χ2v) is 2.24. The van der Waals surface area contributed by atoms with Gasteiger partial charge in [-0.05, 0) is 12.2 Å². The van der Waals surface area contributed by atoms with Crippen molar-refractivity contribution in [2.45, 2.75) is 19.8 Å². The molecule has 0 aliphatic rings. The van der Waals surface area contributed by atoms with Crippen LogP contribution >= 0.6 is 0 Å². The summed E-state index contributed by atoms with van der Waals surface area (Å²) in [5.41, 5.74) is 1.07. The van der Waals surface area contributed by atoms with Crippen LogP contribution in [0.5, 0.6) is 0 Å². The Labute approximate surface area is 86.3 Å². The zero-order chi connectivity index (χ0) is 6.69. The van der Waals surface area contributed by atoms with Crippen molar-refractivity contribution in [1.29, 1.82) is 0 Å². The first-order valence-electron chi connectivity index (χ1n) is 2.98. The third-order valence-electron chi connectivity index (χ3n) is 1.15. The Hall–Kier alpha value is 0.184. The minimum absolute atomic E-state index is 0. The standard InChI is InChI=1S/C7H9N2.Y/c1-6(2)7-3-8-5-9-4-7;/h3,5-6H,1-2H3;/q-1;. The van der Waals surface area contributed by atoms with Gasteiger partial charge in [-0.3, -0.25) is 0 Å². The summed E-state index contributed by atoms with van der Waals surface area (Å²) in [6.45, 7) is 4.18. The molecule has 51 valence electrons. The number of hydrogen-bond donors (Lipinski definition) is 0. The van der Waals surface area contributed by atoms with Crippen molar-refractivity contribution in [1.82, 2.24) is 9.97 Å². The molecule has 1 aromatic rings. The molecule has 3 heteroatoms. The summed E-state index contributed by atoms with van der Waals surface area (Å²) < 4.78 is 0. The van der Waals surface area contributed by atoms with E-state index in [1.807, 2.05) is 0 Å². The molecule has 0 fully saturated rings. The van der Waals surface area contributed by atoms with Gasteiger partial charge < -0.3 is 9.97 Å². The van der Waals surface area contributed by atoms with Crippen molar-refractivity contribution in [3.8, 4) is 0 Å². The molecule has 1 aromatic heterocycles. The SMILES string of the molecule is CC(C)c1[c-]ncnc1.[Y]. The molecule has 0 N–H and O–H groups in total.